The Morgan fingerprint density at radius 1 is 1.16 bits per heavy atom. The van der Waals surface area contributed by atoms with E-state index >= 15 is 0 Å². The predicted molar refractivity (Wildman–Crippen MR) is 88.9 cm³/mol. The van der Waals surface area contributed by atoms with Crippen LogP contribution in [0.5, 0.6) is 0 Å². The van der Waals surface area contributed by atoms with Crippen LogP contribution in [0.2, 0.25) is 0 Å². The van der Waals surface area contributed by atoms with Crippen molar-refractivity contribution in [2.75, 3.05) is 18.0 Å². The Morgan fingerprint density at radius 2 is 1.79 bits per heavy atom. The maximum absolute atomic E-state index is 6.13. The second-order valence-electron chi connectivity index (χ2n) is 5.13. The highest BCUT2D eigenvalue weighted by atomic mass is 79.9. The van der Waals surface area contributed by atoms with E-state index in [4.69, 9.17) is 5.73 Å². The van der Waals surface area contributed by atoms with Crippen molar-refractivity contribution in [2.45, 2.75) is 52.5 Å². The smallest absolute Gasteiger partial charge is 0.0410 e. The van der Waals surface area contributed by atoms with Crippen LogP contribution in [0.1, 0.15) is 45.6 Å². The molecular weight excluding hydrogens is 300 g/mol. The molecule has 0 aliphatic heterocycles. The van der Waals surface area contributed by atoms with Crippen molar-refractivity contribution < 1.29 is 0 Å². The van der Waals surface area contributed by atoms with Gasteiger partial charge in [0.2, 0.25) is 0 Å². The van der Waals surface area contributed by atoms with Gasteiger partial charge in [0, 0.05) is 29.3 Å². The first-order valence-corrected chi connectivity index (χ1v) is 8.20. The zero-order valence-electron chi connectivity index (χ0n) is 12.5. The van der Waals surface area contributed by atoms with Gasteiger partial charge in [-0.2, -0.15) is 0 Å². The summed E-state index contributed by atoms with van der Waals surface area (Å²) >= 11 is 3.59. The van der Waals surface area contributed by atoms with Crippen molar-refractivity contribution in [3.63, 3.8) is 0 Å². The normalized spacial score (nSPS) is 12.5. The lowest BCUT2D eigenvalue weighted by molar-refractivity contribution is 0.642. The molecule has 1 aromatic rings. The minimum Gasteiger partial charge on any atom is -0.371 e. The minimum absolute atomic E-state index is 0.255. The first kappa shape index (κ1) is 16.5. The Labute approximate surface area is 126 Å². The molecule has 0 aliphatic carbocycles. The first-order chi connectivity index (χ1) is 9.12. The van der Waals surface area contributed by atoms with Gasteiger partial charge in [0.25, 0.3) is 0 Å². The number of nitrogens with zero attached hydrogens (tertiary/aromatic N) is 1. The fourth-order valence-electron chi connectivity index (χ4n) is 2.32. The molecule has 0 fully saturated rings. The Kier molecular flexibility index (Phi) is 7.47. The zero-order chi connectivity index (χ0) is 14.3. The molecule has 1 aromatic carbocycles. The molecular formula is C16H27BrN2. The van der Waals surface area contributed by atoms with Crippen LogP contribution < -0.4 is 10.6 Å². The lowest BCUT2D eigenvalue weighted by Gasteiger charge is -2.27. The Bertz CT molecular complexity index is 373. The average Bonchev–Trinajstić information content (AvgIpc) is 2.40. The third-order valence-electron chi connectivity index (χ3n) is 3.38. The lowest BCUT2D eigenvalue weighted by Crippen LogP contribution is -2.28. The minimum atomic E-state index is 0.255. The van der Waals surface area contributed by atoms with Gasteiger partial charge in [-0.3, -0.25) is 0 Å². The van der Waals surface area contributed by atoms with Gasteiger partial charge >= 0.3 is 0 Å². The van der Waals surface area contributed by atoms with Crippen LogP contribution in [0.25, 0.3) is 0 Å². The maximum atomic E-state index is 6.13. The number of rotatable bonds is 8. The topological polar surface area (TPSA) is 29.3 Å². The molecule has 0 spiro atoms. The van der Waals surface area contributed by atoms with Crippen LogP contribution in [0, 0.1) is 0 Å². The molecule has 0 heterocycles. The molecule has 0 saturated carbocycles. The maximum Gasteiger partial charge on any atom is 0.0410 e. The van der Waals surface area contributed by atoms with Gasteiger partial charge in [-0.15, -0.1) is 0 Å². The second kappa shape index (κ2) is 8.60. The molecule has 0 radical (unpaired) electrons. The number of nitrogens with two attached hydrogens (primary N) is 1. The summed E-state index contributed by atoms with van der Waals surface area (Å²) in [5.41, 5.74) is 8.85. The molecule has 0 saturated heterocycles. The van der Waals surface area contributed by atoms with Crippen LogP contribution in [0.4, 0.5) is 5.69 Å². The number of anilines is 1. The van der Waals surface area contributed by atoms with E-state index in [-0.39, 0.29) is 6.04 Å². The standard InChI is InChI=1S/C16H27BrN2/c1-4-9-19(10-5-2)16-12-14(17)8-7-13(16)11-15(18)6-3/h7-8,12,15H,4-6,9-11,18H2,1-3H3. The number of benzene rings is 1. The van der Waals surface area contributed by atoms with Gasteiger partial charge in [-0.1, -0.05) is 42.8 Å². The fourth-order valence-corrected chi connectivity index (χ4v) is 2.67. The van der Waals surface area contributed by atoms with Crippen LogP contribution in [0.15, 0.2) is 22.7 Å². The number of hydrogen-bond donors (Lipinski definition) is 1. The Hall–Kier alpha value is -0.540. The van der Waals surface area contributed by atoms with E-state index in [1.807, 2.05) is 0 Å². The monoisotopic (exact) mass is 326 g/mol. The summed E-state index contributed by atoms with van der Waals surface area (Å²) in [5, 5.41) is 0. The van der Waals surface area contributed by atoms with Crippen molar-refractivity contribution >= 4 is 21.6 Å². The zero-order valence-corrected chi connectivity index (χ0v) is 14.0. The van der Waals surface area contributed by atoms with E-state index in [0.29, 0.717) is 0 Å². The highest BCUT2D eigenvalue weighted by Crippen LogP contribution is 2.27. The van der Waals surface area contributed by atoms with Crippen molar-refractivity contribution in [3.8, 4) is 0 Å². The molecule has 2 nitrogen and oxygen atoms in total. The SMILES string of the molecule is CCCN(CCC)c1cc(Br)ccc1CC(N)CC. The van der Waals surface area contributed by atoms with Crippen LogP contribution >= 0.6 is 15.9 Å². The highest BCUT2D eigenvalue weighted by molar-refractivity contribution is 9.10. The van der Waals surface area contributed by atoms with Crippen molar-refractivity contribution in [1.29, 1.82) is 0 Å². The summed E-state index contributed by atoms with van der Waals surface area (Å²) in [5.74, 6) is 0. The Morgan fingerprint density at radius 3 is 2.32 bits per heavy atom. The second-order valence-corrected chi connectivity index (χ2v) is 6.05. The van der Waals surface area contributed by atoms with E-state index in [1.54, 1.807) is 0 Å². The largest absolute Gasteiger partial charge is 0.371 e. The summed E-state index contributed by atoms with van der Waals surface area (Å²) < 4.78 is 1.15. The van der Waals surface area contributed by atoms with Crippen LogP contribution in [0.3, 0.4) is 0 Å². The molecule has 19 heavy (non-hydrogen) atoms. The van der Waals surface area contributed by atoms with Gasteiger partial charge in [0.1, 0.15) is 0 Å². The molecule has 2 N–H and O–H groups in total. The quantitative estimate of drug-likeness (QED) is 0.769. The molecule has 0 amide bonds. The summed E-state index contributed by atoms with van der Waals surface area (Å²) in [6, 6.07) is 6.83. The fraction of sp³-hybridized carbons (Fsp3) is 0.625. The molecule has 0 aliphatic rings. The highest BCUT2D eigenvalue weighted by Gasteiger charge is 2.12. The van der Waals surface area contributed by atoms with Gasteiger partial charge in [-0.25, -0.2) is 0 Å². The number of hydrogen-bond acceptors (Lipinski definition) is 2. The molecule has 1 unspecified atom stereocenters. The van der Waals surface area contributed by atoms with E-state index < -0.39 is 0 Å². The third-order valence-corrected chi connectivity index (χ3v) is 3.87. The Balaban J connectivity index is 3.02. The summed E-state index contributed by atoms with van der Waals surface area (Å²) in [6.07, 6.45) is 4.33. The third kappa shape index (κ3) is 5.15. The van der Waals surface area contributed by atoms with Crippen molar-refractivity contribution in [2.24, 2.45) is 5.73 Å². The molecule has 3 heteroatoms. The molecule has 0 aromatic heterocycles. The van der Waals surface area contributed by atoms with Gasteiger partial charge in [0.15, 0.2) is 0 Å². The summed E-state index contributed by atoms with van der Waals surface area (Å²) in [6.45, 7) is 8.84. The molecule has 1 atom stereocenters. The predicted octanol–water partition coefficient (Wildman–Crippen LogP) is 4.36. The van der Waals surface area contributed by atoms with Gasteiger partial charge in [-0.05, 0) is 43.4 Å². The van der Waals surface area contributed by atoms with E-state index in [9.17, 15) is 0 Å². The molecule has 108 valence electrons. The van der Waals surface area contributed by atoms with Gasteiger partial charge < -0.3 is 10.6 Å². The average molecular weight is 327 g/mol. The van der Waals surface area contributed by atoms with E-state index in [0.717, 1.165) is 30.4 Å². The molecule has 1 rings (SSSR count). The van der Waals surface area contributed by atoms with Crippen LogP contribution in [-0.2, 0) is 6.42 Å². The lowest BCUT2D eigenvalue weighted by atomic mass is 10.0. The summed E-state index contributed by atoms with van der Waals surface area (Å²) in [4.78, 5) is 2.49. The van der Waals surface area contributed by atoms with Crippen molar-refractivity contribution in [3.05, 3.63) is 28.2 Å². The van der Waals surface area contributed by atoms with Crippen molar-refractivity contribution in [1.82, 2.24) is 0 Å². The van der Waals surface area contributed by atoms with Crippen LogP contribution in [-0.4, -0.2) is 19.1 Å². The number of halogens is 1. The summed E-state index contributed by atoms with van der Waals surface area (Å²) in [7, 11) is 0. The first-order valence-electron chi connectivity index (χ1n) is 7.41. The van der Waals surface area contributed by atoms with E-state index in [2.05, 4.69) is 59.8 Å². The van der Waals surface area contributed by atoms with E-state index in [1.165, 1.54) is 24.1 Å². The molecule has 0 bridgehead atoms. The van der Waals surface area contributed by atoms with Gasteiger partial charge in [0.05, 0.1) is 0 Å².